The number of ether oxygens (including phenoxy) is 1. The van der Waals surface area contributed by atoms with Crippen LogP contribution in [0, 0.1) is 0 Å². The van der Waals surface area contributed by atoms with Crippen molar-refractivity contribution < 1.29 is 13.2 Å². The molecule has 24 heavy (non-hydrogen) atoms. The van der Waals surface area contributed by atoms with Crippen molar-refractivity contribution in [3.05, 3.63) is 54.2 Å². The molecular weight excluding hydrogens is 324 g/mol. The second-order valence-corrected chi connectivity index (χ2v) is 8.09. The first-order valence-electron chi connectivity index (χ1n) is 8.30. The smallest absolute Gasteiger partial charge is 0.219 e. The van der Waals surface area contributed by atoms with Crippen LogP contribution in [0.15, 0.2) is 48.7 Å². The fourth-order valence-corrected chi connectivity index (χ4v) is 4.48. The lowest BCUT2D eigenvalue weighted by Gasteiger charge is -2.22. The number of hydrogen-bond donors (Lipinski definition) is 1. The molecule has 5 nitrogen and oxygen atoms in total. The van der Waals surface area contributed by atoms with Gasteiger partial charge in [-0.1, -0.05) is 37.5 Å². The van der Waals surface area contributed by atoms with E-state index in [0.717, 1.165) is 37.7 Å². The van der Waals surface area contributed by atoms with Gasteiger partial charge in [0.15, 0.2) is 0 Å². The maximum absolute atomic E-state index is 12.4. The van der Waals surface area contributed by atoms with E-state index in [1.807, 2.05) is 36.4 Å². The fraction of sp³-hybridized carbons (Fsp3) is 0.389. The van der Waals surface area contributed by atoms with Crippen molar-refractivity contribution in [3.63, 3.8) is 0 Å². The highest BCUT2D eigenvalue weighted by Gasteiger charge is 2.26. The Balaban J connectivity index is 1.62. The Bertz CT molecular complexity index is 757. The van der Waals surface area contributed by atoms with Gasteiger partial charge >= 0.3 is 0 Å². The summed E-state index contributed by atoms with van der Waals surface area (Å²) in [4.78, 5) is 4.12. The van der Waals surface area contributed by atoms with Gasteiger partial charge in [-0.2, -0.15) is 0 Å². The molecule has 1 heterocycles. The van der Waals surface area contributed by atoms with E-state index in [-0.39, 0.29) is 11.8 Å². The molecule has 2 aromatic rings. The summed E-state index contributed by atoms with van der Waals surface area (Å²) in [6, 6.07) is 12.8. The Labute approximate surface area is 143 Å². The van der Waals surface area contributed by atoms with Gasteiger partial charge in [0.1, 0.15) is 5.75 Å². The SMILES string of the molecule is O=S(=O)(NCc1cccc(Oc2ccccn2)c1)C1CCCCC1. The molecule has 1 aliphatic carbocycles. The zero-order valence-corrected chi connectivity index (χ0v) is 14.3. The molecule has 0 aliphatic heterocycles. The highest BCUT2D eigenvalue weighted by molar-refractivity contribution is 7.90. The van der Waals surface area contributed by atoms with Gasteiger partial charge in [0.2, 0.25) is 15.9 Å². The topological polar surface area (TPSA) is 68.3 Å². The van der Waals surface area contributed by atoms with Gasteiger partial charge in [-0.3, -0.25) is 0 Å². The predicted octanol–water partition coefficient (Wildman–Crippen LogP) is 3.63. The van der Waals surface area contributed by atoms with Gasteiger partial charge in [0, 0.05) is 18.8 Å². The summed E-state index contributed by atoms with van der Waals surface area (Å²) in [5.74, 6) is 1.15. The van der Waals surface area contributed by atoms with E-state index >= 15 is 0 Å². The lowest BCUT2D eigenvalue weighted by atomic mass is 10.0. The van der Waals surface area contributed by atoms with E-state index in [1.54, 1.807) is 12.3 Å². The van der Waals surface area contributed by atoms with Crippen LogP contribution < -0.4 is 9.46 Å². The molecule has 1 aromatic heterocycles. The molecule has 1 N–H and O–H groups in total. The standard InChI is InChI=1S/C18H22N2O3S/c21-24(22,17-9-2-1-3-10-17)20-14-15-7-6-8-16(13-15)23-18-11-4-5-12-19-18/h4-8,11-13,17,20H,1-3,9-10,14H2. The number of benzene rings is 1. The normalized spacial score (nSPS) is 16.0. The molecule has 1 aromatic carbocycles. The van der Waals surface area contributed by atoms with Gasteiger partial charge in [-0.15, -0.1) is 0 Å². The molecule has 0 amide bonds. The zero-order valence-electron chi connectivity index (χ0n) is 13.5. The maximum Gasteiger partial charge on any atom is 0.219 e. The molecule has 0 spiro atoms. The summed E-state index contributed by atoms with van der Waals surface area (Å²) in [5.41, 5.74) is 0.864. The lowest BCUT2D eigenvalue weighted by molar-refractivity contribution is 0.462. The minimum absolute atomic E-state index is 0.251. The average molecular weight is 346 g/mol. The summed E-state index contributed by atoms with van der Waals surface area (Å²) >= 11 is 0. The molecule has 0 atom stereocenters. The molecule has 0 saturated heterocycles. The first-order chi connectivity index (χ1) is 11.6. The Hall–Kier alpha value is -1.92. The Morgan fingerprint density at radius 3 is 2.67 bits per heavy atom. The first-order valence-corrected chi connectivity index (χ1v) is 9.84. The number of hydrogen-bond acceptors (Lipinski definition) is 4. The highest BCUT2D eigenvalue weighted by atomic mass is 32.2. The van der Waals surface area contributed by atoms with Crippen molar-refractivity contribution in [2.45, 2.75) is 43.9 Å². The Morgan fingerprint density at radius 1 is 1.08 bits per heavy atom. The molecule has 128 valence electrons. The molecule has 1 aliphatic rings. The molecule has 6 heteroatoms. The summed E-state index contributed by atoms with van der Waals surface area (Å²) in [6.45, 7) is 0.276. The van der Waals surface area contributed by atoms with E-state index in [1.165, 1.54) is 0 Å². The molecule has 3 rings (SSSR count). The van der Waals surface area contributed by atoms with Gasteiger partial charge in [-0.25, -0.2) is 18.1 Å². The van der Waals surface area contributed by atoms with E-state index < -0.39 is 10.0 Å². The van der Waals surface area contributed by atoms with Crippen LogP contribution in [-0.2, 0) is 16.6 Å². The highest BCUT2D eigenvalue weighted by Crippen LogP contribution is 2.24. The maximum atomic E-state index is 12.4. The van der Waals surface area contributed by atoms with Crippen LogP contribution in [0.25, 0.3) is 0 Å². The first kappa shape index (κ1) is 16.9. The number of rotatable bonds is 6. The van der Waals surface area contributed by atoms with Crippen molar-refractivity contribution in [1.29, 1.82) is 0 Å². The number of aromatic nitrogens is 1. The number of nitrogens with one attached hydrogen (secondary N) is 1. The number of nitrogens with zero attached hydrogens (tertiary/aromatic N) is 1. The monoisotopic (exact) mass is 346 g/mol. The molecule has 0 bridgehead atoms. The third-order valence-electron chi connectivity index (χ3n) is 4.23. The quantitative estimate of drug-likeness (QED) is 0.867. The Morgan fingerprint density at radius 2 is 1.92 bits per heavy atom. The van der Waals surface area contributed by atoms with E-state index in [9.17, 15) is 8.42 Å². The number of pyridine rings is 1. The summed E-state index contributed by atoms with van der Waals surface area (Å²) in [7, 11) is -3.26. The minimum atomic E-state index is -3.26. The van der Waals surface area contributed by atoms with Crippen LogP contribution >= 0.6 is 0 Å². The van der Waals surface area contributed by atoms with Gasteiger partial charge in [0.05, 0.1) is 5.25 Å². The van der Waals surface area contributed by atoms with Gasteiger partial charge in [-0.05, 0) is 36.6 Å². The van der Waals surface area contributed by atoms with Crippen molar-refractivity contribution in [1.82, 2.24) is 9.71 Å². The van der Waals surface area contributed by atoms with Crippen LogP contribution in [0.2, 0.25) is 0 Å². The Kier molecular flexibility index (Phi) is 5.48. The fourth-order valence-electron chi connectivity index (χ4n) is 2.92. The van der Waals surface area contributed by atoms with Crippen molar-refractivity contribution in [3.8, 4) is 11.6 Å². The summed E-state index contributed by atoms with van der Waals surface area (Å²) in [6.07, 6.45) is 6.32. The molecule has 0 radical (unpaired) electrons. The zero-order chi connectivity index (χ0) is 16.8. The van der Waals surface area contributed by atoms with Gasteiger partial charge < -0.3 is 4.74 Å². The predicted molar refractivity (Wildman–Crippen MR) is 93.4 cm³/mol. The van der Waals surface area contributed by atoms with Crippen LogP contribution in [0.4, 0.5) is 0 Å². The largest absolute Gasteiger partial charge is 0.439 e. The molecule has 0 unspecified atom stereocenters. The number of sulfonamides is 1. The second-order valence-electron chi connectivity index (χ2n) is 6.04. The van der Waals surface area contributed by atoms with Crippen LogP contribution in [-0.4, -0.2) is 18.7 Å². The second kappa shape index (κ2) is 7.77. The third kappa shape index (κ3) is 4.55. The van der Waals surface area contributed by atoms with E-state index in [2.05, 4.69) is 9.71 Å². The van der Waals surface area contributed by atoms with Crippen LogP contribution in [0.3, 0.4) is 0 Å². The third-order valence-corrected chi connectivity index (χ3v) is 6.12. The van der Waals surface area contributed by atoms with Gasteiger partial charge in [0.25, 0.3) is 0 Å². The van der Waals surface area contributed by atoms with E-state index in [0.29, 0.717) is 11.6 Å². The minimum Gasteiger partial charge on any atom is -0.439 e. The summed E-state index contributed by atoms with van der Waals surface area (Å²) < 4.78 is 33.2. The van der Waals surface area contributed by atoms with Crippen LogP contribution in [0.5, 0.6) is 11.6 Å². The van der Waals surface area contributed by atoms with Crippen molar-refractivity contribution in [2.75, 3.05) is 0 Å². The average Bonchev–Trinajstić information content (AvgIpc) is 2.62. The molecular formula is C18H22N2O3S. The summed E-state index contributed by atoms with van der Waals surface area (Å²) in [5, 5.41) is -0.251. The van der Waals surface area contributed by atoms with Crippen molar-refractivity contribution >= 4 is 10.0 Å². The molecule has 1 saturated carbocycles. The van der Waals surface area contributed by atoms with Crippen LogP contribution in [0.1, 0.15) is 37.7 Å². The van der Waals surface area contributed by atoms with E-state index in [4.69, 9.17) is 4.74 Å². The van der Waals surface area contributed by atoms with Crippen molar-refractivity contribution in [2.24, 2.45) is 0 Å². The lowest BCUT2D eigenvalue weighted by Crippen LogP contribution is -2.35. The molecule has 1 fully saturated rings.